The van der Waals surface area contributed by atoms with Crippen LogP contribution in [0, 0.1) is 0 Å². The first-order chi connectivity index (χ1) is 11.2. The number of benzene rings is 1. The van der Waals surface area contributed by atoms with E-state index in [0.29, 0.717) is 6.54 Å². The molecule has 2 fully saturated rings. The largest absolute Gasteiger partial charge is 0.391 e. The van der Waals surface area contributed by atoms with Crippen molar-refractivity contribution < 1.29 is 9.90 Å². The quantitative estimate of drug-likeness (QED) is 0.896. The van der Waals surface area contributed by atoms with Crippen LogP contribution in [-0.4, -0.2) is 59.8 Å². The summed E-state index contributed by atoms with van der Waals surface area (Å²) in [7, 11) is 0. The zero-order valence-corrected chi connectivity index (χ0v) is 13.7. The summed E-state index contributed by atoms with van der Waals surface area (Å²) in [4.78, 5) is 16.5. The molecule has 1 aromatic carbocycles. The monoisotopic (exact) mass is 317 g/mol. The fourth-order valence-electron chi connectivity index (χ4n) is 3.44. The maximum atomic E-state index is 12.3. The summed E-state index contributed by atoms with van der Waals surface area (Å²) < 4.78 is 0. The lowest BCUT2D eigenvalue weighted by Crippen LogP contribution is -2.44. The van der Waals surface area contributed by atoms with E-state index in [1.807, 2.05) is 12.1 Å². The molecule has 1 aromatic rings. The third-order valence-corrected chi connectivity index (χ3v) is 4.78. The van der Waals surface area contributed by atoms with Crippen molar-refractivity contribution in [2.75, 3.05) is 38.0 Å². The van der Waals surface area contributed by atoms with Crippen LogP contribution in [0.4, 0.5) is 10.5 Å². The van der Waals surface area contributed by atoms with Gasteiger partial charge in [0.05, 0.1) is 6.10 Å². The van der Waals surface area contributed by atoms with Gasteiger partial charge in [-0.15, -0.1) is 0 Å². The number of hydrogen-bond acceptors (Lipinski definition) is 3. The molecular weight excluding hydrogens is 290 g/mol. The highest BCUT2D eigenvalue weighted by Crippen LogP contribution is 2.16. The molecule has 23 heavy (non-hydrogen) atoms. The van der Waals surface area contributed by atoms with Gasteiger partial charge in [0.15, 0.2) is 0 Å². The van der Waals surface area contributed by atoms with E-state index in [1.165, 1.54) is 31.5 Å². The molecular formula is C18H27N3O2. The van der Waals surface area contributed by atoms with Crippen LogP contribution in [0.1, 0.15) is 31.2 Å². The van der Waals surface area contributed by atoms with Crippen molar-refractivity contribution in [2.45, 2.75) is 38.2 Å². The van der Waals surface area contributed by atoms with Gasteiger partial charge in [-0.1, -0.05) is 12.1 Å². The SMILES string of the molecule is O=C(Nc1cccc(CCN2CCCC2)c1)N1CCCC(O)C1. The number of carbonyl (C=O) groups excluding carboxylic acids is 1. The van der Waals surface area contributed by atoms with Crippen LogP contribution in [-0.2, 0) is 6.42 Å². The summed E-state index contributed by atoms with van der Waals surface area (Å²) in [6, 6.07) is 8.00. The van der Waals surface area contributed by atoms with Crippen LogP contribution in [0.25, 0.3) is 0 Å². The molecule has 126 valence electrons. The third-order valence-electron chi connectivity index (χ3n) is 4.78. The number of nitrogens with one attached hydrogen (secondary N) is 1. The van der Waals surface area contributed by atoms with Gasteiger partial charge in [0, 0.05) is 25.3 Å². The summed E-state index contributed by atoms with van der Waals surface area (Å²) in [6.45, 7) is 4.68. The van der Waals surface area contributed by atoms with E-state index < -0.39 is 0 Å². The fourth-order valence-corrected chi connectivity index (χ4v) is 3.44. The first kappa shape index (κ1) is 16.3. The molecule has 0 spiro atoms. The molecule has 0 radical (unpaired) electrons. The number of aliphatic hydroxyl groups excluding tert-OH is 1. The number of piperidine rings is 1. The van der Waals surface area contributed by atoms with Crippen LogP contribution in [0.5, 0.6) is 0 Å². The van der Waals surface area contributed by atoms with Gasteiger partial charge in [0.25, 0.3) is 0 Å². The molecule has 5 heteroatoms. The molecule has 2 N–H and O–H groups in total. The van der Waals surface area contributed by atoms with Crippen LogP contribution in [0.3, 0.4) is 0 Å². The minimum atomic E-state index is -0.388. The first-order valence-corrected chi connectivity index (χ1v) is 8.76. The Morgan fingerprint density at radius 1 is 1.22 bits per heavy atom. The molecule has 5 nitrogen and oxygen atoms in total. The molecule has 2 aliphatic rings. The Kier molecular flexibility index (Phi) is 5.51. The molecule has 1 unspecified atom stereocenters. The highest BCUT2D eigenvalue weighted by Gasteiger charge is 2.22. The summed E-state index contributed by atoms with van der Waals surface area (Å²) in [6.07, 6.45) is 4.92. The Labute approximate surface area is 138 Å². The van der Waals surface area contributed by atoms with E-state index in [0.717, 1.165) is 38.0 Å². The van der Waals surface area contributed by atoms with Crippen molar-refractivity contribution in [3.05, 3.63) is 29.8 Å². The van der Waals surface area contributed by atoms with E-state index in [-0.39, 0.29) is 12.1 Å². The molecule has 0 aromatic heterocycles. The van der Waals surface area contributed by atoms with E-state index in [9.17, 15) is 9.90 Å². The summed E-state index contributed by atoms with van der Waals surface area (Å²) >= 11 is 0. The van der Waals surface area contributed by atoms with E-state index in [2.05, 4.69) is 22.3 Å². The molecule has 0 saturated carbocycles. The van der Waals surface area contributed by atoms with Crippen LogP contribution < -0.4 is 5.32 Å². The lowest BCUT2D eigenvalue weighted by molar-refractivity contribution is 0.0883. The second-order valence-electron chi connectivity index (χ2n) is 6.67. The number of rotatable bonds is 4. The van der Waals surface area contributed by atoms with Gasteiger partial charge in [-0.2, -0.15) is 0 Å². The Hall–Kier alpha value is -1.59. The minimum absolute atomic E-state index is 0.111. The highest BCUT2D eigenvalue weighted by atomic mass is 16.3. The maximum absolute atomic E-state index is 12.3. The average molecular weight is 317 g/mol. The first-order valence-electron chi connectivity index (χ1n) is 8.76. The van der Waals surface area contributed by atoms with Gasteiger partial charge in [-0.25, -0.2) is 4.79 Å². The summed E-state index contributed by atoms with van der Waals surface area (Å²) in [5.41, 5.74) is 2.10. The topological polar surface area (TPSA) is 55.8 Å². The zero-order chi connectivity index (χ0) is 16.1. The molecule has 1 atom stereocenters. The lowest BCUT2D eigenvalue weighted by atomic mass is 10.1. The summed E-state index contributed by atoms with van der Waals surface area (Å²) in [5, 5.41) is 12.6. The lowest BCUT2D eigenvalue weighted by Gasteiger charge is -2.30. The number of anilines is 1. The van der Waals surface area contributed by atoms with Crippen molar-refractivity contribution in [2.24, 2.45) is 0 Å². The van der Waals surface area contributed by atoms with Gasteiger partial charge in [0.1, 0.15) is 0 Å². The average Bonchev–Trinajstić information content (AvgIpc) is 3.07. The zero-order valence-electron chi connectivity index (χ0n) is 13.7. The van der Waals surface area contributed by atoms with Gasteiger partial charge in [-0.05, 0) is 62.9 Å². The molecule has 0 bridgehead atoms. The van der Waals surface area contributed by atoms with E-state index >= 15 is 0 Å². The number of likely N-dealkylation sites (tertiary alicyclic amines) is 2. The normalized spacial score (nSPS) is 22.3. The highest BCUT2D eigenvalue weighted by molar-refractivity contribution is 5.89. The number of hydrogen-bond donors (Lipinski definition) is 2. The molecule has 2 amide bonds. The Morgan fingerprint density at radius 2 is 2.04 bits per heavy atom. The van der Waals surface area contributed by atoms with Gasteiger partial charge >= 0.3 is 6.03 Å². The fraction of sp³-hybridized carbons (Fsp3) is 0.611. The predicted molar refractivity (Wildman–Crippen MR) is 91.7 cm³/mol. The molecule has 3 rings (SSSR count). The standard InChI is InChI=1S/C18H27N3O2/c22-17-7-4-11-21(14-17)18(23)19-16-6-3-5-15(13-16)8-12-20-9-1-2-10-20/h3,5-6,13,17,22H,1-2,4,7-12,14H2,(H,19,23). The Bertz CT molecular complexity index is 529. The van der Waals surface area contributed by atoms with E-state index in [1.54, 1.807) is 4.90 Å². The maximum Gasteiger partial charge on any atom is 0.321 e. The number of urea groups is 1. The van der Waals surface area contributed by atoms with E-state index in [4.69, 9.17) is 0 Å². The van der Waals surface area contributed by atoms with Crippen LogP contribution >= 0.6 is 0 Å². The minimum Gasteiger partial charge on any atom is -0.391 e. The molecule has 2 heterocycles. The molecule has 0 aliphatic carbocycles. The smallest absolute Gasteiger partial charge is 0.321 e. The Morgan fingerprint density at radius 3 is 2.83 bits per heavy atom. The number of carbonyl (C=O) groups is 1. The predicted octanol–water partition coefficient (Wildman–Crippen LogP) is 2.31. The number of amides is 2. The molecule has 2 aliphatic heterocycles. The second-order valence-corrected chi connectivity index (χ2v) is 6.67. The van der Waals surface area contributed by atoms with Crippen molar-refractivity contribution in [3.63, 3.8) is 0 Å². The van der Waals surface area contributed by atoms with Crippen molar-refractivity contribution in [3.8, 4) is 0 Å². The van der Waals surface area contributed by atoms with Gasteiger partial charge in [-0.3, -0.25) is 0 Å². The summed E-state index contributed by atoms with van der Waals surface area (Å²) in [5.74, 6) is 0. The number of β-amino-alcohol motifs (C(OH)–C–C–N with tert-alkyl or cyclic N) is 1. The van der Waals surface area contributed by atoms with Crippen molar-refractivity contribution >= 4 is 11.7 Å². The number of aliphatic hydroxyl groups is 1. The van der Waals surface area contributed by atoms with Crippen LogP contribution in [0.15, 0.2) is 24.3 Å². The van der Waals surface area contributed by atoms with Gasteiger partial charge < -0.3 is 20.2 Å². The van der Waals surface area contributed by atoms with Crippen LogP contribution in [0.2, 0.25) is 0 Å². The Balaban J connectivity index is 1.53. The van der Waals surface area contributed by atoms with Crippen molar-refractivity contribution in [1.29, 1.82) is 0 Å². The molecule has 2 saturated heterocycles. The third kappa shape index (κ3) is 4.69. The number of nitrogens with zero attached hydrogens (tertiary/aromatic N) is 2. The second kappa shape index (κ2) is 7.79. The van der Waals surface area contributed by atoms with Crippen molar-refractivity contribution in [1.82, 2.24) is 9.80 Å². The van der Waals surface area contributed by atoms with Gasteiger partial charge in [0.2, 0.25) is 0 Å².